The van der Waals surface area contributed by atoms with Crippen LogP contribution in [0.3, 0.4) is 0 Å². The van der Waals surface area contributed by atoms with Gasteiger partial charge in [-0.15, -0.1) is 0 Å². The highest BCUT2D eigenvalue weighted by molar-refractivity contribution is 7.89. The average molecular weight is 236 g/mol. The first kappa shape index (κ1) is 12.9. The van der Waals surface area contributed by atoms with Crippen molar-refractivity contribution in [2.45, 2.75) is 56.9 Å². The van der Waals surface area contributed by atoms with Crippen LogP contribution < -0.4 is 5.14 Å². The minimum Gasteiger partial charge on any atom is -0.313 e. The van der Waals surface area contributed by atoms with Crippen LogP contribution in [0, 0.1) is 0 Å². The van der Waals surface area contributed by atoms with Crippen LogP contribution in [0.4, 0.5) is 0 Å². The first-order valence-corrected chi connectivity index (χ1v) is 6.59. The van der Waals surface area contributed by atoms with Gasteiger partial charge in [-0.1, -0.05) is 0 Å². The molecule has 0 aromatic carbocycles. The number of sulfonamides is 1. The fraction of sp³-hybridized carbons (Fsp3) is 1.00. The van der Waals surface area contributed by atoms with Crippen molar-refractivity contribution in [2.24, 2.45) is 5.14 Å². The largest absolute Gasteiger partial charge is 0.313 e. The fourth-order valence-electron chi connectivity index (χ4n) is 2.41. The molecule has 0 saturated carbocycles. The molecule has 0 spiro atoms. The van der Waals surface area contributed by atoms with E-state index in [2.05, 4.69) is 0 Å². The molecule has 1 aliphatic rings. The summed E-state index contributed by atoms with van der Waals surface area (Å²) in [6.07, 6.45) is 0.706. The summed E-state index contributed by atoms with van der Waals surface area (Å²) >= 11 is 0. The van der Waals surface area contributed by atoms with Gasteiger partial charge in [0, 0.05) is 11.1 Å². The Hall–Kier alpha value is -0.170. The Morgan fingerprint density at radius 1 is 1.20 bits per heavy atom. The van der Waals surface area contributed by atoms with E-state index in [0.717, 1.165) is 0 Å². The molecule has 0 unspecified atom stereocenters. The van der Waals surface area contributed by atoms with E-state index in [0.29, 0.717) is 12.8 Å². The summed E-state index contributed by atoms with van der Waals surface area (Å²) in [5, 5.41) is 15.8. The molecule has 1 aliphatic heterocycles. The maximum absolute atomic E-state index is 11.3. The van der Waals surface area contributed by atoms with Gasteiger partial charge in [-0.3, -0.25) is 0 Å². The maximum Gasteiger partial charge on any atom is 0.212 e. The standard InChI is InChI=1S/C9H20N2O3S/c1-8(2)5-7(15(10,13)14)6-9(3,4)11(8)12/h7,12H,5-6H2,1-4H3,(H2,10,13,14). The number of hydroxylamine groups is 2. The molecule has 1 heterocycles. The Bertz CT molecular complexity index is 330. The monoisotopic (exact) mass is 236 g/mol. The van der Waals surface area contributed by atoms with Crippen LogP contribution in [-0.2, 0) is 10.0 Å². The van der Waals surface area contributed by atoms with Crippen molar-refractivity contribution in [1.29, 1.82) is 0 Å². The van der Waals surface area contributed by atoms with E-state index in [9.17, 15) is 13.6 Å². The molecule has 5 nitrogen and oxygen atoms in total. The molecule has 1 saturated heterocycles. The number of rotatable bonds is 1. The van der Waals surface area contributed by atoms with Gasteiger partial charge in [-0.05, 0) is 40.5 Å². The first-order valence-electron chi connectivity index (χ1n) is 4.98. The topological polar surface area (TPSA) is 83.6 Å². The fourth-order valence-corrected chi connectivity index (χ4v) is 3.69. The summed E-state index contributed by atoms with van der Waals surface area (Å²) in [4.78, 5) is 0. The van der Waals surface area contributed by atoms with E-state index < -0.39 is 26.4 Å². The predicted molar refractivity (Wildman–Crippen MR) is 57.9 cm³/mol. The molecule has 0 radical (unpaired) electrons. The van der Waals surface area contributed by atoms with Crippen LogP contribution in [0.25, 0.3) is 0 Å². The van der Waals surface area contributed by atoms with Crippen molar-refractivity contribution in [3.8, 4) is 0 Å². The van der Waals surface area contributed by atoms with Gasteiger partial charge < -0.3 is 5.21 Å². The third kappa shape index (κ3) is 2.50. The third-order valence-corrected chi connectivity index (χ3v) is 4.33. The quantitative estimate of drug-likeness (QED) is 0.701. The minimum atomic E-state index is -3.53. The smallest absolute Gasteiger partial charge is 0.212 e. The number of piperidine rings is 1. The molecule has 3 N–H and O–H groups in total. The van der Waals surface area contributed by atoms with Crippen molar-refractivity contribution < 1.29 is 13.6 Å². The van der Waals surface area contributed by atoms with E-state index in [1.807, 2.05) is 27.7 Å². The summed E-state index contributed by atoms with van der Waals surface area (Å²) in [6.45, 7) is 7.25. The second kappa shape index (κ2) is 3.41. The zero-order valence-electron chi connectivity index (χ0n) is 9.69. The van der Waals surface area contributed by atoms with Crippen LogP contribution in [0.1, 0.15) is 40.5 Å². The summed E-state index contributed by atoms with van der Waals surface area (Å²) in [5.74, 6) is 0. The number of nitrogens with zero attached hydrogens (tertiary/aromatic N) is 1. The molecule has 0 atom stereocenters. The van der Waals surface area contributed by atoms with Gasteiger partial charge >= 0.3 is 0 Å². The summed E-state index contributed by atoms with van der Waals surface area (Å²) < 4.78 is 22.7. The van der Waals surface area contributed by atoms with E-state index >= 15 is 0 Å². The molecular formula is C9H20N2O3S. The molecule has 0 aliphatic carbocycles. The minimum absolute atomic E-state index is 0.353. The normalized spacial score (nSPS) is 27.9. The van der Waals surface area contributed by atoms with Gasteiger partial charge in [0.1, 0.15) is 0 Å². The molecule has 90 valence electrons. The third-order valence-electron chi connectivity index (χ3n) is 3.07. The van der Waals surface area contributed by atoms with Crippen LogP contribution in [0.5, 0.6) is 0 Å². The SMILES string of the molecule is CC1(C)CC(S(N)(=O)=O)CC(C)(C)N1O. The highest BCUT2D eigenvalue weighted by Gasteiger charge is 2.48. The zero-order valence-corrected chi connectivity index (χ0v) is 10.5. The lowest BCUT2D eigenvalue weighted by molar-refractivity contribution is -0.240. The molecule has 0 aromatic heterocycles. The van der Waals surface area contributed by atoms with Crippen molar-refractivity contribution in [1.82, 2.24) is 5.06 Å². The zero-order chi connectivity index (χ0) is 12.1. The highest BCUT2D eigenvalue weighted by Crippen LogP contribution is 2.38. The molecule has 6 heteroatoms. The number of hydrogen-bond donors (Lipinski definition) is 2. The molecule has 1 rings (SSSR count). The number of hydrogen-bond acceptors (Lipinski definition) is 4. The Morgan fingerprint density at radius 3 is 1.80 bits per heavy atom. The number of primary sulfonamides is 1. The first-order chi connectivity index (χ1) is 6.47. The van der Waals surface area contributed by atoms with Gasteiger partial charge in [0.15, 0.2) is 0 Å². The molecule has 1 fully saturated rings. The Balaban J connectivity index is 3.05. The lowest BCUT2D eigenvalue weighted by atomic mass is 9.82. The lowest BCUT2D eigenvalue weighted by Crippen LogP contribution is -2.61. The van der Waals surface area contributed by atoms with Crippen molar-refractivity contribution in [3.05, 3.63) is 0 Å². The van der Waals surface area contributed by atoms with Gasteiger partial charge in [-0.25, -0.2) is 13.6 Å². The van der Waals surface area contributed by atoms with Crippen LogP contribution >= 0.6 is 0 Å². The Kier molecular flexibility index (Phi) is 2.93. The lowest BCUT2D eigenvalue weighted by Gasteiger charge is -2.50. The van der Waals surface area contributed by atoms with E-state index in [-0.39, 0.29) is 0 Å². The van der Waals surface area contributed by atoms with Crippen LogP contribution in [0.15, 0.2) is 0 Å². The number of nitrogens with two attached hydrogens (primary N) is 1. The van der Waals surface area contributed by atoms with Crippen LogP contribution in [-0.4, -0.2) is 35.0 Å². The van der Waals surface area contributed by atoms with Gasteiger partial charge in [-0.2, -0.15) is 5.06 Å². The summed E-state index contributed by atoms with van der Waals surface area (Å²) in [6, 6.07) is 0. The van der Waals surface area contributed by atoms with Crippen LogP contribution in [0.2, 0.25) is 0 Å². The summed E-state index contributed by atoms with van der Waals surface area (Å²) in [7, 11) is -3.53. The molecular weight excluding hydrogens is 216 g/mol. The second-order valence-corrected chi connectivity index (χ2v) is 7.40. The van der Waals surface area contributed by atoms with E-state index in [1.54, 1.807) is 0 Å². The van der Waals surface area contributed by atoms with Crippen molar-refractivity contribution in [2.75, 3.05) is 0 Å². The van der Waals surface area contributed by atoms with Gasteiger partial charge in [0.05, 0.1) is 5.25 Å². The molecule has 0 bridgehead atoms. The van der Waals surface area contributed by atoms with Crippen molar-refractivity contribution >= 4 is 10.0 Å². The van der Waals surface area contributed by atoms with Crippen molar-refractivity contribution in [3.63, 3.8) is 0 Å². The highest BCUT2D eigenvalue weighted by atomic mass is 32.2. The molecule has 15 heavy (non-hydrogen) atoms. The summed E-state index contributed by atoms with van der Waals surface area (Å²) in [5.41, 5.74) is -1.14. The Labute approximate surface area is 91.3 Å². The van der Waals surface area contributed by atoms with E-state index in [4.69, 9.17) is 5.14 Å². The molecule has 0 aromatic rings. The Morgan fingerprint density at radius 2 is 1.53 bits per heavy atom. The molecule has 0 amide bonds. The van der Waals surface area contributed by atoms with Gasteiger partial charge in [0.2, 0.25) is 10.0 Å². The van der Waals surface area contributed by atoms with E-state index in [1.165, 1.54) is 5.06 Å². The van der Waals surface area contributed by atoms with Gasteiger partial charge in [0.25, 0.3) is 0 Å². The second-order valence-electron chi connectivity index (χ2n) is 5.56. The maximum atomic E-state index is 11.3. The predicted octanol–water partition coefficient (Wildman–Crippen LogP) is 0.686. The average Bonchev–Trinajstić information content (AvgIpc) is 1.97.